The van der Waals surface area contributed by atoms with Crippen molar-refractivity contribution in [2.24, 2.45) is 7.05 Å². The summed E-state index contributed by atoms with van der Waals surface area (Å²) in [6, 6.07) is 12.9. The molecule has 0 aliphatic heterocycles. The van der Waals surface area contributed by atoms with E-state index in [-0.39, 0.29) is 0 Å². The molecule has 3 heterocycles. The quantitative estimate of drug-likeness (QED) is 0.472. The Morgan fingerprint density at radius 2 is 1.84 bits per heavy atom. The van der Waals surface area contributed by atoms with Gasteiger partial charge in [-0.1, -0.05) is 19.9 Å². The van der Waals surface area contributed by atoms with Crippen LogP contribution in [0.25, 0.3) is 33.3 Å². The van der Waals surface area contributed by atoms with E-state index in [1.165, 1.54) is 11.1 Å². The van der Waals surface area contributed by atoms with Gasteiger partial charge < -0.3 is 4.42 Å². The average molecular weight is 331 g/mol. The Labute approximate surface area is 147 Å². The van der Waals surface area contributed by atoms with Crippen LogP contribution in [0.3, 0.4) is 0 Å². The third-order valence-electron chi connectivity index (χ3n) is 4.95. The zero-order chi connectivity index (χ0) is 17.7. The molecule has 0 amide bonds. The van der Waals surface area contributed by atoms with E-state index in [1.807, 2.05) is 13.0 Å². The zero-order valence-electron chi connectivity index (χ0n) is 15.4. The first-order valence-electron chi connectivity index (χ1n) is 8.75. The van der Waals surface area contributed by atoms with Crippen molar-refractivity contribution in [1.29, 1.82) is 0 Å². The third kappa shape index (κ3) is 2.51. The summed E-state index contributed by atoms with van der Waals surface area (Å²) in [5, 5.41) is 2.25. The number of aryl methyl sites for hydroxylation is 3. The molecule has 3 aromatic heterocycles. The van der Waals surface area contributed by atoms with Gasteiger partial charge >= 0.3 is 0 Å². The molecule has 1 aromatic carbocycles. The maximum atomic E-state index is 6.23. The standard InChI is InChI=1S/C22H23N2O/c1-13(2)16-10-11-24(5)19(12-16)17-8-6-14(3)20-18-9-7-15(4)23-22(18)25-21(17)20/h6-13H,1-5H3/q+1. The Bertz CT molecular complexity index is 1110. The van der Waals surface area contributed by atoms with Crippen molar-refractivity contribution in [3.63, 3.8) is 0 Å². The normalized spacial score (nSPS) is 11.8. The first-order chi connectivity index (χ1) is 12.0. The predicted octanol–water partition coefficient (Wildman–Crippen LogP) is 5.21. The van der Waals surface area contributed by atoms with E-state index in [1.54, 1.807) is 0 Å². The van der Waals surface area contributed by atoms with E-state index in [0.717, 1.165) is 33.3 Å². The lowest BCUT2D eigenvalue weighted by molar-refractivity contribution is -0.660. The molecule has 0 aliphatic rings. The van der Waals surface area contributed by atoms with Gasteiger partial charge in [0, 0.05) is 28.6 Å². The van der Waals surface area contributed by atoms with Gasteiger partial charge in [-0.25, -0.2) is 9.55 Å². The van der Waals surface area contributed by atoms with Crippen molar-refractivity contribution >= 4 is 22.1 Å². The monoisotopic (exact) mass is 331 g/mol. The number of nitrogens with zero attached hydrogens (tertiary/aromatic N) is 2. The minimum Gasteiger partial charge on any atom is -0.437 e. The van der Waals surface area contributed by atoms with Crippen molar-refractivity contribution < 1.29 is 8.98 Å². The maximum absolute atomic E-state index is 6.23. The molecule has 0 unspecified atom stereocenters. The van der Waals surface area contributed by atoms with E-state index in [0.29, 0.717) is 11.6 Å². The number of fused-ring (bicyclic) bond motifs is 3. The van der Waals surface area contributed by atoms with Gasteiger partial charge in [0.1, 0.15) is 7.05 Å². The van der Waals surface area contributed by atoms with Crippen LogP contribution in [0.4, 0.5) is 0 Å². The fourth-order valence-corrected chi connectivity index (χ4v) is 3.43. The molecule has 4 aromatic rings. The summed E-state index contributed by atoms with van der Waals surface area (Å²) < 4.78 is 8.39. The maximum Gasteiger partial charge on any atom is 0.227 e. The van der Waals surface area contributed by atoms with Gasteiger partial charge in [-0.05, 0) is 49.1 Å². The number of benzene rings is 1. The van der Waals surface area contributed by atoms with Gasteiger partial charge in [0.2, 0.25) is 11.4 Å². The van der Waals surface area contributed by atoms with Crippen LogP contribution in [0, 0.1) is 13.8 Å². The van der Waals surface area contributed by atoms with Crippen LogP contribution in [0.1, 0.15) is 36.6 Å². The molecule has 0 saturated heterocycles. The number of rotatable bonds is 2. The summed E-state index contributed by atoms with van der Waals surface area (Å²) in [5.41, 5.74) is 7.42. The topological polar surface area (TPSA) is 29.9 Å². The smallest absolute Gasteiger partial charge is 0.227 e. The van der Waals surface area contributed by atoms with Crippen molar-refractivity contribution in [1.82, 2.24) is 4.98 Å². The Morgan fingerprint density at radius 1 is 1.04 bits per heavy atom. The summed E-state index contributed by atoms with van der Waals surface area (Å²) in [7, 11) is 2.08. The van der Waals surface area contributed by atoms with E-state index in [9.17, 15) is 0 Å². The van der Waals surface area contributed by atoms with Crippen LogP contribution in [0.2, 0.25) is 0 Å². The van der Waals surface area contributed by atoms with Gasteiger partial charge in [0.25, 0.3) is 0 Å². The van der Waals surface area contributed by atoms with E-state index < -0.39 is 0 Å². The highest BCUT2D eigenvalue weighted by atomic mass is 16.3. The molecule has 0 atom stereocenters. The SMILES string of the molecule is Cc1ccc2c(n1)oc1c(-c3cc(C(C)C)cc[n+]3C)ccc(C)c12. The number of aromatic nitrogens is 2. The number of pyridine rings is 2. The molecule has 126 valence electrons. The molecular weight excluding hydrogens is 308 g/mol. The molecule has 0 N–H and O–H groups in total. The first-order valence-corrected chi connectivity index (χ1v) is 8.75. The highest BCUT2D eigenvalue weighted by Crippen LogP contribution is 2.36. The van der Waals surface area contributed by atoms with Crippen molar-refractivity contribution in [3.8, 4) is 11.3 Å². The van der Waals surface area contributed by atoms with Crippen LogP contribution in [0.5, 0.6) is 0 Å². The van der Waals surface area contributed by atoms with E-state index >= 15 is 0 Å². The van der Waals surface area contributed by atoms with Crippen LogP contribution >= 0.6 is 0 Å². The minimum atomic E-state index is 0.487. The fourth-order valence-electron chi connectivity index (χ4n) is 3.43. The summed E-state index contributed by atoms with van der Waals surface area (Å²) in [4.78, 5) is 4.58. The summed E-state index contributed by atoms with van der Waals surface area (Å²) in [6.07, 6.45) is 2.13. The average Bonchev–Trinajstić information content (AvgIpc) is 2.95. The Hall–Kier alpha value is -2.68. The molecule has 0 radical (unpaired) electrons. The summed E-state index contributed by atoms with van der Waals surface area (Å²) >= 11 is 0. The van der Waals surface area contributed by atoms with Gasteiger partial charge in [0.05, 0.1) is 5.56 Å². The van der Waals surface area contributed by atoms with E-state index in [4.69, 9.17) is 4.42 Å². The second-order valence-corrected chi connectivity index (χ2v) is 7.15. The molecule has 3 nitrogen and oxygen atoms in total. The molecule has 0 bridgehead atoms. The van der Waals surface area contributed by atoms with Crippen LogP contribution in [0.15, 0.2) is 47.0 Å². The minimum absolute atomic E-state index is 0.487. The van der Waals surface area contributed by atoms with E-state index in [2.05, 4.69) is 73.9 Å². The highest BCUT2D eigenvalue weighted by Gasteiger charge is 2.20. The number of hydrogen-bond acceptors (Lipinski definition) is 2. The fraction of sp³-hybridized carbons (Fsp3) is 0.273. The summed E-state index contributed by atoms with van der Waals surface area (Å²) in [6.45, 7) is 8.56. The summed E-state index contributed by atoms with van der Waals surface area (Å²) in [5.74, 6) is 0.487. The third-order valence-corrected chi connectivity index (χ3v) is 4.95. The van der Waals surface area contributed by atoms with Crippen LogP contribution < -0.4 is 4.57 Å². The second-order valence-electron chi connectivity index (χ2n) is 7.15. The van der Waals surface area contributed by atoms with Gasteiger partial charge in [0.15, 0.2) is 11.8 Å². The lowest BCUT2D eigenvalue weighted by Crippen LogP contribution is -2.30. The molecule has 4 rings (SSSR count). The Kier molecular flexibility index (Phi) is 3.60. The molecule has 3 heteroatoms. The van der Waals surface area contributed by atoms with Gasteiger partial charge in [-0.15, -0.1) is 0 Å². The zero-order valence-corrected chi connectivity index (χ0v) is 15.4. The Morgan fingerprint density at radius 3 is 2.60 bits per heavy atom. The Balaban J connectivity index is 2.08. The van der Waals surface area contributed by atoms with Crippen LogP contribution in [-0.2, 0) is 7.05 Å². The number of furan rings is 1. The number of hydrogen-bond donors (Lipinski definition) is 0. The van der Waals surface area contributed by atoms with Crippen molar-refractivity contribution in [3.05, 3.63) is 59.4 Å². The van der Waals surface area contributed by atoms with Crippen LogP contribution in [-0.4, -0.2) is 4.98 Å². The molecule has 0 spiro atoms. The molecule has 0 aliphatic carbocycles. The molecular formula is C22H23N2O+. The molecule has 25 heavy (non-hydrogen) atoms. The second kappa shape index (κ2) is 5.69. The first kappa shape index (κ1) is 15.8. The molecule has 0 fully saturated rings. The highest BCUT2D eigenvalue weighted by molar-refractivity contribution is 6.09. The van der Waals surface area contributed by atoms with Gasteiger partial charge in [-0.3, -0.25) is 0 Å². The lowest BCUT2D eigenvalue weighted by atomic mass is 9.98. The lowest BCUT2D eigenvalue weighted by Gasteiger charge is -2.08. The van der Waals surface area contributed by atoms with Crippen molar-refractivity contribution in [2.45, 2.75) is 33.6 Å². The largest absolute Gasteiger partial charge is 0.437 e. The van der Waals surface area contributed by atoms with Crippen molar-refractivity contribution in [2.75, 3.05) is 0 Å². The predicted molar refractivity (Wildman–Crippen MR) is 102 cm³/mol. The van der Waals surface area contributed by atoms with Gasteiger partial charge in [-0.2, -0.15) is 0 Å². The molecule has 0 saturated carbocycles.